The fourth-order valence-electron chi connectivity index (χ4n) is 2.84. The minimum Gasteiger partial charge on any atom is -0.382 e. The van der Waals surface area contributed by atoms with E-state index in [0.29, 0.717) is 31.9 Å². The van der Waals surface area contributed by atoms with Crippen molar-refractivity contribution in [2.24, 2.45) is 0 Å². The van der Waals surface area contributed by atoms with Crippen LogP contribution in [0.25, 0.3) is 0 Å². The number of methoxy groups -OCH3 is 1. The summed E-state index contributed by atoms with van der Waals surface area (Å²) in [6.45, 7) is 2.64. The Labute approximate surface area is 152 Å². The molecule has 25 heavy (non-hydrogen) atoms. The van der Waals surface area contributed by atoms with Gasteiger partial charge in [-0.25, -0.2) is 8.78 Å². The first-order valence-corrected chi connectivity index (χ1v) is 8.13. The Hall–Kier alpha value is -1.28. The lowest BCUT2D eigenvalue weighted by Gasteiger charge is -2.33. The van der Waals surface area contributed by atoms with Crippen molar-refractivity contribution in [3.63, 3.8) is 0 Å². The van der Waals surface area contributed by atoms with E-state index in [-0.39, 0.29) is 36.7 Å². The number of benzene rings is 1. The maximum absolute atomic E-state index is 13.5. The predicted octanol–water partition coefficient (Wildman–Crippen LogP) is 2.00. The van der Waals surface area contributed by atoms with Gasteiger partial charge in [0.2, 0.25) is 5.91 Å². The average Bonchev–Trinajstić information content (AvgIpc) is 2.58. The van der Waals surface area contributed by atoms with Gasteiger partial charge in [0.05, 0.1) is 19.8 Å². The molecule has 2 unspecified atom stereocenters. The molecule has 1 heterocycles. The highest BCUT2D eigenvalue weighted by molar-refractivity contribution is 5.85. The standard InChI is InChI=1S/C17H24F2N2O3.ClH/c1-23-8-9-24-7-5-17(22)21-16-11-20-6-4-13(16)12-2-3-14(18)15(19)10-12;/h2-3,10,13,16,20H,4-9,11H2,1H3,(H,21,22);1H. The van der Waals surface area contributed by atoms with Crippen molar-refractivity contribution >= 4 is 18.3 Å². The maximum atomic E-state index is 13.5. The highest BCUT2D eigenvalue weighted by Gasteiger charge is 2.28. The maximum Gasteiger partial charge on any atom is 0.222 e. The van der Waals surface area contributed by atoms with Crippen LogP contribution >= 0.6 is 12.4 Å². The molecular formula is C17H25ClF2N2O3. The van der Waals surface area contributed by atoms with Gasteiger partial charge in [-0.1, -0.05) is 6.07 Å². The highest BCUT2D eigenvalue weighted by Crippen LogP contribution is 2.27. The quantitative estimate of drug-likeness (QED) is 0.679. The van der Waals surface area contributed by atoms with Crippen LogP contribution in [-0.2, 0) is 14.3 Å². The number of hydrogen-bond donors (Lipinski definition) is 2. The normalized spacial score (nSPS) is 20.0. The molecule has 5 nitrogen and oxygen atoms in total. The van der Waals surface area contributed by atoms with Crippen LogP contribution in [-0.4, -0.2) is 52.0 Å². The van der Waals surface area contributed by atoms with Crippen molar-refractivity contribution in [1.29, 1.82) is 0 Å². The topological polar surface area (TPSA) is 59.6 Å². The van der Waals surface area contributed by atoms with E-state index in [1.165, 1.54) is 6.07 Å². The van der Waals surface area contributed by atoms with Gasteiger partial charge in [0, 0.05) is 32.0 Å². The fraction of sp³-hybridized carbons (Fsp3) is 0.588. The highest BCUT2D eigenvalue weighted by atomic mass is 35.5. The van der Waals surface area contributed by atoms with Crippen molar-refractivity contribution in [3.8, 4) is 0 Å². The van der Waals surface area contributed by atoms with E-state index in [1.807, 2.05) is 0 Å². The van der Waals surface area contributed by atoms with E-state index in [0.717, 1.165) is 19.0 Å². The molecule has 0 bridgehead atoms. The van der Waals surface area contributed by atoms with E-state index in [2.05, 4.69) is 10.6 Å². The Kier molecular flexibility index (Phi) is 9.89. The van der Waals surface area contributed by atoms with Crippen LogP contribution in [0.5, 0.6) is 0 Å². The Morgan fingerprint density at radius 1 is 1.28 bits per heavy atom. The number of piperidine rings is 1. The summed E-state index contributed by atoms with van der Waals surface area (Å²) in [4.78, 5) is 12.1. The molecular weight excluding hydrogens is 354 g/mol. The zero-order chi connectivity index (χ0) is 17.4. The summed E-state index contributed by atoms with van der Waals surface area (Å²) in [7, 11) is 1.59. The lowest BCUT2D eigenvalue weighted by Crippen LogP contribution is -2.50. The Morgan fingerprint density at radius 3 is 2.80 bits per heavy atom. The van der Waals surface area contributed by atoms with Gasteiger partial charge < -0.3 is 20.1 Å². The second-order valence-electron chi connectivity index (χ2n) is 5.80. The summed E-state index contributed by atoms with van der Waals surface area (Å²) in [6, 6.07) is 3.78. The summed E-state index contributed by atoms with van der Waals surface area (Å²) in [5, 5.41) is 6.18. The van der Waals surface area contributed by atoms with Gasteiger partial charge in [-0.2, -0.15) is 0 Å². The molecule has 2 N–H and O–H groups in total. The molecule has 2 atom stereocenters. The largest absolute Gasteiger partial charge is 0.382 e. The van der Waals surface area contributed by atoms with E-state index >= 15 is 0 Å². The third kappa shape index (κ3) is 6.86. The summed E-state index contributed by atoms with van der Waals surface area (Å²) < 4.78 is 36.8. The number of rotatable bonds is 8. The Bertz CT molecular complexity index is 549. The molecule has 0 radical (unpaired) electrons. The number of nitrogens with one attached hydrogen (secondary N) is 2. The molecule has 142 valence electrons. The van der Waals surface area contributed by atoms with Crippen molar-refractivity contribution in [2.75, 3.05) is 40.0 Å². The lowest BCUT2D eigenvalue weighted by molar-refractivity contribution is -0.123. The minimum atomic E-state index is -0.860. The van der Waals surface area contributed by atoms with Crippen LogP contribution < -0.4 is 10.6 Å². The first-order chi connectivity index (χ1) is 11.6. The van der Waals surface area contributed by atoms with Crippen LogP contribution in [0.2, 0.25) is 0 Å². The van der Waals surface area contributed by atoms with Gasteiger partial charge in [0.1, 0.15) is 0 Å². The summed E-state index contributed by atoms with van der Waals surface area (Å²) in [5.74, 6) is -1.88. The number of amides is 1. The number of halogens is 3. The van der Waals surface area contributed by atoms with Crippen molar-refractivity contribution < 1.29 is 23.0 Å². The average molecular weight is 379 g/mol. The predicted molar refractivity (Wildman–Crippen MR) is 93.1 cm³/mol. The third-order valence-corrected chi connectivity index (χ3v) is 4.11. The first kappa shape index (κ1) is 21.8. The van der Waals surface area contributed by atoms with E-state index in [1.54, 1.807) is 13.2 Å². The lowest BCUT2D eigenvalue weighted by atomic mass is 9.86. The molecule has 1 aliphatic rings. The summed E-state index contributed by atoms with van der Waals surface area (Å²) in [6.07, 6.45) is 1.01. The van der Waals surface area contributed by atoms with Crippen LogP contribution in [0, 0.1) is 11.6 Å². The van der Waals surface area contributed by atoms with Crippen LogP contribution in [0.4, 0.5) is 8.78 Å². The second kappa shape index (κ2) is 11.4. The van der Waals surface area contributed by atoms with Crippen LogP contribution in [0.3, 0.4) is 0 Å². The number of hydrogen-bond acceptors (Lipinski definition) is 4. The molecule has 1 fully saturated rings. The van der Waals surface area contributed by atoms with Crippen LogP contribution in [0.15, 0.2) is 18.2 Å². The third-order valence-electron chi connectivity index (χ3n) is 4.11. The SMILES string of the molecule is COCCOCCC(=O)NC1CNCCC1c1ccc(F)c(F)c1.Cl. The smallest absolute Gasteiger partial charge is 0.222 e. The molecule has 1 aromatic carbocycles. The van der Waals surface area contributed by atoms with Crippen molar-refractivity contribution in [3.05, 3.63) is 35.4 Å². The van der Waals surface area contributed by atoms with Crippen molar-refractivity contribution in [1.82, 2.24) is 10.6 Å². The number of ether oxygens (including phenoxy) is 2. The van der Waals surface area contributed by atoms with E-state index in [4.69, 9.17) is 9.47 Å². The van der Waals surface area contributed by atoms with Gasteiger partial charge in [0.25, 0.3) is 0 Å². The van der Waals surface area contributed by atoms with Crippen LogP contribution in [0.1, 0.15) is 24.3 Å². The molecule has 1 aliphatic heterocycles. The molecule has 1 amide bonds. The van der Waals surface area contributed by atoms with Crippen molar-refractivity contribution in [2.45, 2.75) is 24.8 Å². The first-order valence-electron chi connectivity index (χ1n) is 8.13. The fourth-order valence-corrected chi connectivity index (χ4v) is 2.84. The van der Waals surface area contributed by atoms with E-state index < -0.39 is 11.6 Å². The molecule has 2 rings (SSSR count). The van der Waals surface area contributed by atoms with E-state index in [9.17, 15) is 13.6 Å². The van der Waals surface area contributed by atoms with Gasteiger partial charge in [-0.3, -0.25) is 4.79 Å². The monoisotopic (exact) mass is 378 g/mol. The Balaban J connectivity index is 0.00000312. The number of carbonyl (C=O) groups is 1. The Morgan fingerprint density at radius 2 is 2.08 bits per heavy atom. The summed E-state index contributed by atoms with van der Waals surface area (Å²) in [5.41, 5.74) is 0.706. The molecule has 0 spiro atoms. The molecule has 0 aromatic heterocycles. The van der Waals surface area contributed by atoms with Gasteiger partial charge in [-0.05, 0) is 30.7 Å². The molecule has 8 heteroatoms. The minimum absolute atomic E-state index is 0. The second-order valence-corrected chi connectivity index (χ2v) is 5.80. The van der Waals surface area contributed by atoms with Gasteiger partial charge >= 0.3 is 0 Å². The van der Waals surface area contributed by atoms with Gasteiger partial charge in [0.15, 0.2) is 11.6 Å². The zero-order valence-electron chi connectivity index (χ0n) is 14.2. The zero-order valence-corrected chi connectivity index (χ0v) is 15.0. The molecule has 0 saturated carbocycles. The summed E-state index contributed by atoms with van der Waals surface area (Å²) >= 11 is 0. The van der Waals surface area contributed by atoms with Gasteiger partial charge in [-0.15, -0.1) is 12.4 Å². The molecule has 1 saturated heterocycles. The molecule has 1 aromatic rings. The number of carbonyl (C=O) groups excluding carboxylic acids is 1. The molecule has 0 aliphatic carbocycles.